The van der Waals surface area contributed by atoms with Crippen LogP contribution in [0.4, 0.5) is 0 Å². The van der Waals surface area contributed by atoms with E-state index in [1.807, 2.05) is 13.8 Å². The zero-order chi connectivity index (χ0) is 15.1. The van der Waals surface area contributed by atoms with Crippen molar-refractivity contribution < 1.29 is 17.9 Å². The largest absolute Gasteiger partial charge is 0.469 e. The highest BCUT2D eigenvalue weighted by molar-refractivity contribution is 7.87. The predicted molar refractivity (Wildman–Crippen MR) is 74.8 cm³/mol. The second-order valence-corrected chi connectivity index (χ2v) is 6.54. The zero-order valence-corrected chi connectivity index (χ0v) is 13.3. The van der Waals surface area contributed by atoms with E-state index >= 15 is 0 Å². The molecule has 0 radical (unpaired) electrons. The van der Waals surface area contributed by atoms with Crippen LogP contribution in [0, 0.1) is 11.8 Å². The van der Waals surface area contributed by atoms with Crippen LogP contribution in [0.2, 0.25) is 0 Å². The van der Waals surface area contributed by atoms with Gasteiger partial charge < -0.3 is 4.74 Å². The summed E-state index contributed by atoms with van der Waals surface area (Å²) in [5.41, 5.74) is 0. The average Bonchev–Trinajstić information content (AvgIpc) is 2.34. The Balaban J connectivity index is 4.66. The van der Waals surface area contributed by atoms with Gasteiger partial charge in [-0.05, 0) is 12.3 Å². The highest BCUT2D eigenvalue weighted by atomic mass is 32.2. The number of nitrogens with one attached hydrogen (secondary N) is 1. The molecule has 19 heavy (non-hydrogen) atoms. The monoisotopic (exact) mass is 294 g/mol. The molecular formula is C12H26N2O4S. The van der Waals surface area contributed by atoms with Crippen molar-refractivity contribution in [1.82, 2.24) is 9.03 Å². The lowest BCUT2D eigenvalue weighted by molar-refractivity contribution is -0.145. The van der Waals surface area contributed by atoms with Crippen LogP contribution in [0.15, 0.2) is 0 Å². The molecule has 0 aromatic carbocycles. The molecule has 1 atom stereocenters. The molecule has 0 aliphatic rings. The van der Waals surface area contributed by atoms with Gasteiger partial charge in [0.2, 0.25) is 0 Å². The molecule has 1 unspecified atom stereocenters. The van der Waals surface area contributed by atoms with Gasteiger partial charge >= 0.3 is 5.97 Å². The van der Waals surface area contributed by atoms with Gasteiger partial charge in [0.1, 0.15) is 0 Å². The molecule has 7 heteroatoms. The first-order valence-electron chi connectivity index (χ1n) is 6.60. The van der Waals surface area contributed by atoms with Gasteiger partial charge in [-0.2, -0.15) is 12.7 Å². The van der Waals surface area contributed by atoms with Crippen molar-refractivity contribution in [2.45, 2.75) is 34.1 Å². The van der Waals surface area contributed by atoms with Crippen LogP contribution in [-0.2, 0) is 19.7 Å². The molecule has 0 amide bonds. The molecule has 0 aliphatic carbocycles. The maximum Gasteiger partial charge on any atom is 0.309 e. The van der Waals surface area contributed by atoms with Crippen molar-refractivity contribution in [1.29, 1.82) is 0 Å². The maximum absolute atomic E-state index is 12.0. The predicted octanol–water partition coefficient (Wildman–Crippen LogP) is 0.998. The summed E-state index contributed by atoms with van der Waals surface area (Å²) in [5.74, 6) is -0.534. The highest BCUT2D eigenvalue weighted by Gasteiger charge is 2.25. The average molecular weight is 294 g/mol. The van der Waals surface area contributed by atoms with E-state index in [1.165, 1.54) is 11.4 Å². The molecule has 0 aromatic rings. The fourth-order valence-electron chi connectivity index (χ4n) is 1.86. The molecule has 0 aromatic heterocycles. The van der Waals surface area contributed by atoms with E-state index in [0.717, 1.165) is 0 Å². The summed E-state index contributed by atoms with van der Waals surface area (Å²) >= 11 is 0. The number of carbonyl (C=O) groups is 1. The Bertz CT molecular complexity index is 364. The highest BCUT2D eigenvalue weighted by Crippen LogP contribution is 2.13. The van der Waals surface area contributed by atoms with E-state index in [0.29, 0.717) is 25.4 Å². The van der Waals surface area contributed by atoms with Crippen LogP contribution in [-0.4, -0.2) is 45.4 Å². The first-order valence-corrected chi connectivity index (χ1v) is 8.04. The molecule has 0 aliphatic heterocycles. The Morgan fingerprint density at radius 2 is 1.79 bits per heavy atom. The number of hydrogen-bond donors (Lipinski definition) is 1. The Hall–Kier alpha value is -0.660. The summed E-state index contributed by atoms with van der Waals surface area (Å²) < 4.78 is 32.4. The van der Waals surface area contributed by atoms with Crippen LogP contribution >= 0.6 is 0 Å². The van der Waals surface area contributed by atoms with Crippen LogP contribution in [0.5, 0.6) is 0 Å². The molecule has 0 saturated carbocycles. The standard InChI is InChI=1S/C12H26N2O4S/c1-6-14(7-2)19(16,17)13-9-11(8-10(3)4)12(15)18-5/h10-11,13H,6-9H2,1-5H3. The summed E-state index contributed by atoms with van der Waals surface area (Å²) in [7, 11) is -2.21. The Kier molecular flexibility index (Phi) is 8.20. The molecule has 114 valence electrons. The fourth-order valence-corrected chi connectivity index (χ4v) is 3.13. The van der Waals surface area contributed by atoms with Crippen molar-refractivity contribution >= 4 is 16.2 Å². The van der Waals surface area contributed by atoms with Crippen molar-refractivity contribution in [3.63, 3.8) is 0 Å². The zero-order valence-electron chi connectivity index (χ0n) is 12.5. The SMILES string of the molecule is CCN(CC)S(=O)(=O)NCC(CC(C)C)C(=O)OC. The molecule has 0 spiro atoms. The Morgan fingerprint density at radius 1 is 1.26 bits per heavy atom. The summed E-state index contributed by atoms with van der Waals surface area (Å²) in [5, 5.41) is 0. The van der Waals surface area contributed by atoms with E-state index in [9.17, 15) is 13.2 Å². The number of carbonyl (C=O) groups excluding carboxylic acids is 1. The summed E-state index contributed by atoms with van der Waals surface area (Å²) in [4.78, 5) is 11.6. The minimum absolute atomic E-state index is 0.0731. The lowest BCUT2D eigenvalue weighted by atomic mass is 9.97. The van der Waals surface area contributed by atoms with Gasteiger partial charge in [0.15, 0.2) is 0 Å². The smallest absolute Gasteiger partial charge is 0.309 e. The van der Waals surface area contributed by atoms with Crippen molar-refractivity contribution in [3.05, 3.63) is 0 Å². The van der Waals surface area contributed by atoms with Gasteiger partial charge in [-0.3, -0.25) is 4.79 Å². The Labute approximate surface area is 116 Å². The maximum atomic E-state index is 12.0. The minimum atomic E-state index is -3.52. The first kappa shape index (κ1) is 18.3. The number of ether oxygens (including phenoxy) is 1. The van der Waals surface area contributed by atoms with E-state index < -0.39 is 16.1 Å². The van der Waals surface area contributed by atoms with Crippen LogP contribution in [0.25, 0.3) is 0 Å². The number of hydrogen-bond acceptors (Lipinski definition) is 4. The number of rotatable bonds is 9. The molecule has 6 nitrogen and oxygen atoms in total. The lowest BCUT2D eigenvalue weighted by Gasteiger charge is -2.22. The third kappa shape index (κ3) is 6.35. The summed E-state index contributed by atoms with van der Waals surface area (Å²) in [6.07, 6.45) is 0.591. The summed E-state index contributed by atoms with van der Waals surface area (Å²) in [6, 6.07) is 0. The second kappa shape index (κ2) is 8.50. The first-order chi connectivity index (χ1) is 8.78. The van der Waals surface area contributed by atoms with Crippen molar-refractivity contribution in [2.75, 3.05) is 26.7 Å². The topological polar surface area (TPSA) is 75.7 Å². The third-order valence-corrected chi connectivity index (χ3v) is 4.58. The minimum Gasteiger partial charge on any atom is -0.469 e. The summed E-state index contributed by atoms with van der Waals surface area (Å²) in [6.45, 7) is 8.38. The van der Waals surface area contributed by atoms with E-state index in [4.69, 9.17) is 4.74 Å². The van der Waals surface area contributed by atoms with Gasteiger partial charge in [0, 0.05) is 19.6 Å². The number of nitrogens with zero attached hydrogens (tertiary/aromatic N) is 1. The van der Waals surface area contributed by atoms with Crippen molar-refractivity contribution in [3.8, 4) is 0 Å². The molecule has 0 saturated heterocycles. The van der Waals surface area contributed by atoms with Gasteiger partial charge in [0.25, 0.3) is 10.2 Å². The number of methoxy groups -OCH3 is 1. The second-order valence-electron chi connectivity index (χ2n) is 4.79. The number of esters is 1. The Morgan fingerprint density at radius 3 is 2.16 bits per heavy atom. The van der Waals surface area contributed by atoms with Gasteiger partial charge in [-0.25, -0.2) is 4.72 Å². The van der Waals surface area contributed by atoms with Crippen LogP contribution in [0.1, 0.15) is 34.1 Å². The molecule has 0 rings (SSSR count). The molecule has 0 fully saturated rings. The van der Waals surface area contributed by atoms with Gasteiger partial charge in [-0.15, -0.1) is 0 Å². The van der Waals surface area contributed by atoms with E-state index in [1.54, 1.807) is 13.8 Å². The fraction of sp³-hybridized carbons (Fsp3) is 0.917. The van der Waals surface area contributed by atoms with E-state index in [2.05, 4.69) is 4.72 Å². The molecule has 1 N–H and O–H groups in total. The lowest BCUT2D eigenvalue weighted by Crippen LogP contribution is -2.43. The molecule has 0 bridgehead atoms. The van der Waals surface area contributed by atoms with Crippen molar-refractivity contribution in [2.24, 2.45) is 11.8 Å². The third-order valence-electron chi connectivity index (χ3n) is 2.85. The van der Waals surface area contributed by atoms with Gasteiger partial charge in [0.05, 0.1) is 13.0 Å². The molecule has 0 heterocycles. The van der Waals surface area contributed by atoms with Crippen LogP contribution in [0.3, 0.4) is 0 Å². The van der Waals surface area contributed by atoms with Crippen LogP contribution < -0.4 is 4.72 Å². The van der Waals surface area contributed by atoms with Gasteiger partial charge in [-0.1, -0.05) is 27.7 Å². The normalized spacial score (nSPS) is 13.8. The molecular weight excluding hydrogens is 268 g/mol. The quantitative estimate of drug-likeness (QED) is 0.644. The van der Waals surface area contributed by atoms with E-state index in [-0.39, 0.29) is 12.5 Å².